The topological polar surface area (TPSA) is 79.9 Å². The number of ether oxygens (including phenoxy) is 1. The van der Waals surface area contributed by atoms with Gasteiger partial charge in [0.1, 0.15) is 5.75 Å². The summed E-state index contributed by atoms with van der Waals surface area (Å²) < 4.78 is 39.9. The highest BCUT2D eigenvalue weighted by molar-refractivity contribution is 5.77. The summed E-state index contributed by atoms with van der Waals surface area (Å²) in [6.45, 7) is 0.933. The van der Waals surface area contributed by atoms with E-state index in [4.69, 9.17) is 5.73 Å². The largest absolute Gasteiger partial charge is 0.573 e. The Labute approximate surface area is 126 Å². The zero-order valence-corrected chi connectivity index (χ0v) is 11.9. The molecule has 0 radical (unpaired) electrons. The molecular weight excluding hydrogens is 299 g/mol. The summed E-state index contributed by atoms with van der Waals surface area (Å²) in [6.07, 6.45) is -2.77. The molecule has 8 heteroatoms. The van der Waals surface area contributed by atoms with Crippen molar-refractivity contribution < 1.29 is 23.0 Å². The molecule has 1 saturated carbocycles. The Bertz CT molecular complexity index is 525. The number of nitrogens with zero attached hydrogens (tertiary/aromatic N) is 1. The smallest absolute Gasteiger partial charge is 0.406 e. The monoisotopic (exact) mass is 317 g/mol. The molecule has 1 fully saturated rings. The third-order valence-corrected chi connectivity index (χ3v) is 3.53. The number of aliphatic hydroxyl groups is 1. The first-order valence-electron chi connectivity index (χ1n) is 6.81. The molecule has 0 bridgehead atoms. The van der Waals surface area contributed by atoms with Crippen molar-refractivity contribution in [3.8, 4) is 5.75 Å². The number of aliphatic hydroxyl groups excluding tert-OH is 1. The number of halogens is 3. The molecule has 0 aliphatic heterocycles. The van der Waals surface area contributed by atoms with Crippen LogP contribution in [0.3, 0.4) is 0 Å². The third kappa shape index (κ3) is 5.10. The standard InChI is InChI=1S/C14H18F3N3O2/c15-14(16,17)22-11-3-1-10(2-4-11)7-19-12(18)20-8-13(9-21)5-6-13/h1-4,21H,5-9H2,(H3,18,19,20). The first-order valence-corrected chi connectivity index (χ1v) is 6.81. The SMILES string of the molecule is NC(=NCc1ccc(OC(F)(F)F)cc1)NCC1(CO)CC1. The minimum Gasteiger partial charge on any atom is -0.406 e. The number of hydrogen-bond acceptors (Lipinski definition) is 3. The van der Waals surface area contributed by atoms with Crippen molar-refractivity contribution in [2.75, 3.05) is 13.2 Å². The van der Waals surface area contributed by atoms with Gasteiger partial charge in [-0.2, -0.15) is 0 Å². The molecule has 1 aliphatic carbocycles. The van der Waals surface area contributed by atoms with Gasteiger partial charge < -0.3 is 20.9 Å². The predicted octanol–water partition coefficient (Wildman–Crippen LogP) is 1.76. The number of guanidine groups is 1. The Morgan fingerprint density at radius 3 is 2.45 bits per heavy atom. The fourth-order valence-electron chi connectivity index (χ4n) is 1.87. The van der Waals surface area contributed by atoms with Gasteiger partial charge in [-0.3, -0.25) is 0 Å². The van der Waals surface area contributed by atoms with Crippen molar-refractivity contribution >= 4 is 5.96 Å². The Morgan fingerprint density at radius 2 is 1.95 bits per heavy atom. The number of nitrogens with two attached hydrogens (primary N) is 1. The van der Waals surface area contributed by atoms with Crippen LogP contribution >= 0.6 is 0 Å². The number of hydrogen-bond donors (Lipinski definition) is 3. The summed E-state index contributed by atoms with van der Waals surface area (Å²) in [5.41, 5.74) is 6.35. The molecule has 1 aromatic rings. The summed E-state index contributed by atoms with van der Waals surface area (Å²) in [6, 6.07) is 5.45. The van der Waals surface area contributed by atoms with Gasteiger partial charge in [0.25, 0.3) is 0 Å². The first-order chi connectivity index (χ1) is 10.3. The lowest BCUT2D eigenvalue weighted by Gasteiger charge is -2.13. The van der Waals surface area contributed by atoms with Crippen molar-refractivity contribution in [3.05, 3.63) is 29.8 Å². The molecule has 4 N–H and O–H groups in total. The lowest BCUT2D eigenvalue weighted by atomic mass is 10.1. The minimum absolute atomic E-state index is 0.0727. The highest BCUT2D eigenvalue weighted by Crippen LogP contribution is 2.44. The molecule has 122 valence electrons. The van der Waals surface area contributed by atoms with E-state index in [-0.39, 0.29) is 30.3 Å². The molecule has 0 spiro atoms. The molecule has 1 aromatic carbocycles. The van der Waals surface area contributed by atoms with Crippen LogP contribution in [0.5, 0.6) is 5.75 Å². The molecular formula is C14H18F3N3O2. The maximum absolute atomic E-state index is 12.0. The average Bonchev–Trinajstić information content (AvgIpc) is 3.23. The van der Waals surface area contributed by atoms with Crippen LogP contribution in [0.4, 0.5) is 13.2 Å². The Hall–Kier alpha value is -1.96. The molecule has 0 aromatic heterocycles. The normalized spacial score (nSPS) is 17.2. The van der Waals surface area contributed by atoms with E-state index in [1.54, 1.807) is 0 Å². The number of nitrogens with one attached hydrogen (secondary N) is 1. The Balaban J connectivity index is 1.81. The van der Waals surface area contributed by atoms with Gasteiger partial charge in [-0.25, -0.2) is 4.99 Å². The van der Waals surface area contributed by atoms with Gasteiger partial charge in [0.05, 0.1) is 13.2 Å². The van der Waals surface area contributed by atoms with E-state index in [0.29, 0.717) is 12.1 Å². The molecule has 0 atom stereocenters. The molecule has 5 nitrogen and oxygen atoms in total. The number of rotatable bonds is 6. The maximum Gasteiger partial charge on any atom is 0.573 e. The van der Waals surface area contributed by atoms with Crippen LogP contribution in [-0.2, 0) is 6.54 Å². The van der Waals surface area contributed by atoms with Gasteiger partial charge in [0.15, 0.2) is 5.96 Å². The van der Waals surface area contributed by atoms with Gasteiger partial charge in [-0.1, -0.05) is 12.1 Å². The highest BCUT2D eigenvalue weighted by Gasteiger charge is 2.41. The number of aliphatic imine (C=N–C) groups is 1. The van der Waals surface area contributed by atoms with E-state index in [1.165, 1.54) is 24.3 Å². The van der Waals surface area contributed by atoms with Crippen LogP contribution < -0.4 is 15.8 Å². The van der Waals surface area contributed by atoms with Crippen molar-refractivity contribution in [1.29, 1.82) is 0 Å². The minimum atomic E-state index is -4.69. The second-order valence-electron chi connectivity index (χ2n) is 5.40. The lowest BCUT2D eigenvalue weighted by Crippen LogP contribution is -2.37. The van der Waals surface area contributed by atoms with Crippen molar-refractivity contribution in [1.82, 2.24) is 5.32 Å². The number of benzene rings is 1. The van der Waals surface area contributed by atoms with Crippen LogP contribution in [0, 0.1) is 5.41 Å². The summed E-state index contributed by atoms with van der Waals surface area (Å²) in [5.74, 6) is -0.0275. The Kier molecular flexibility index (Phi) is 4.80. The summed E-state index contributed by atoms with van der Waals surface area (Å²) >= 11 is 0. The lowest BCUT2D eigenvalue weighted by molar-refractivity contribution is -0.274. The zero-order chi connectivity index (χ0) is 16.2. The second kappa shape index (κ2) is 6.43. The zero-order valence-electron chi connectivity index (χ0n) is 11.9. The molecule has 1 aliphatic rings. The number of alkyl halides is 3. The maximum atomic E-state index is 12.0. The average molecular weight is 317 g/mol. The summed E-state index contributed by atoms with van der Waals surface area (Å²) in [7, 11) is 0. The van der Waals surface area contributed by atoms with E-state index in [1.807, 2.05) is 0 Å². The van der Waals surface area contributed by atoms with Crippen LogP contribution in [-0.4, -0.2) is 30.6 Å². The van der Waals surface area contributed by atoms with Crippen molar-refractivity contribution in [3.63, 3.8) is 0 Å². The van der Waals surface area contributed by atoms with E-state index in [2.05, 4.69) is 15.0 Å². The van der Waals surface area contributed by atoms with Crippen LogP contribution in [0.15, 0.2) is 29.3 Å². The van der Waals surface area contributed by atoms with E-state index in [0.717, 1.165) is 12.8 Å². The Morgan fingerprint density at radius 1 is 1.32 bits per heavy atom. The molecule has 0 amide bonds. The molecule has 22 heavy (non-hydrogen) atoms. The fourth-order valence-corrected chi connectivity index (χ4v) is 1.87. The third-order valence-electron chi connectivity index (χ3n) is 3.53. The fraction of sp³-hybridized carbons (Fsp3) is 0.500. The highest BCUT2D eigenvalue weighted by atomic mass is 19.4. The van der Waals surface area contributed by atoms with Crippen molar-refractivity contribution in [2.45, 2.75) is 25.7 Å². The van der Waals surface area contributed by atoms with Gasteiger partial charge in [-0.15, -0.1) is 13.2 Å². The van der Waals surface area contributed by atoms with Crippen LogP contribution in [0.25, 0.3) is 0 Å². The summed E-state index contributed by atoms with van der Waals surface area (Å²) in [4.78, 5) is 4.10. The first kappa shape index (κ1) is 16.4. The van der Waals surface area contributed by atoms with Crippen molar-refractivity contribution in [2.24, 2.45) is 16.1 Å². The van der Waals surface area contributed by atoms with E-state index >= 15 is 0 Å². The summed E-state index contributed by atoms with van der Waals surface area (Å²) in [5, 5.41) is 12.1. The van der Waals surface area contributed by atoms with E-state index in [9.17, 15) is 18.3 Å². The van der Waals surface area contributed by atoms with Gasteiger partial charge in [0, 0.05) is 12.0 Å². The van der Waals surface area contributed by atoms with Gasteiger partial charge >= 0.3 is 6.36 Å². The molecule has 2 rings (SSSR count). The van der Waals surface area contributed by atoms with E-state index < -0.39 is 6.36 Å². The predicted molar refractivity (Wildman–Crippen MR) is 75.2 cm³/mol. The van der Waals surface area contributed by atoms with Crippen LogP contribution in [0.2, 0.25) is 0 Å². The molecule has 0 unspecified atom stereocenters. The van der Waals surface area contributed by atoms with Gasteiger partial charge in [-0.05, 0) is 30.5 Å². The second-order valence-corrected chi connectivity index (χ2v) is 5.40. The molecule has 0 heterocycles. The molecule has 0 saturated heterocycles. The van der Waals surface area contributed by atoms with Gasteiger partial charge in [0.2, 0.25) is 0 Å². The van der Waals surface area contributed by atoms with Crippen LogP contribution in [0.1, 0.15) is 18.4 Å². The quantitative estimate of drug-likeness (QED) is 0.552.